The van der Waals surface area contributed by atoms with Crippen molar-refractivity contribution in [1.82, 2.24) is 4.90 Å². The van der Waals surface area contributed by atoms with Gasteiger partial charge in [-0.25, -0.2) is 0 Å². The second-order valence-corrected chi connectivity index (χ2v) is 6.76. The molecule has 1 aliphatic heterocycles. The lowest BCUT2D eigenvalue weighted by Gasteiger charge is -2.32. The minimum atomic E-state index is -0.799. The maximum Gasteiger partial charge on any atom is 0.321 e. The van der Waals surface area contributed by atoms with E-state index in [0.717, 1.165) is 37.2 Å². The molecule has 1 N–H and O–H groups in total. The van der Waals surface area contributed by atoms with Gasteiger partial charge < -0.3 is 9.84 Å². The fourth-order valence-corrected chi connectivity index (χ4v) is 3.43. The summed E-state index contributed by atoms with van der Waals surface area (Å²) in [5.74, 6) is 0.572. The third-order valence-electron chi connectivity index (χ3n) is 4.52. The van der Waals surface area contributed by atoms with Gasteiger partial charge in [-0.3, -0.25) is 9.69 Å². The van der Waals surface area contributed by atoms with Gasteiger partial charge in [0.1, 0.15) is 17.5 Å². The van der Waals surface area contributed by atoms with E-state index in [1.807, 2.05) is 30.3 Å². The Morgan fingerprint density at radius 2 is 1.84 bits per heavy atom. The number of nitrogens with zero attached hydrogens (tertiary/aromatic N) is 1. The van der Waals surface area contributed by atoms with Crippen LogP contribution >= 0.6 is 11.6 Å². The van der Waals surface area contributed by atoms with Crippen LogP contribution in [0.4, 0.5) is 0 Å². The van der Waals surface area contributed by atoms with Gasteiger partial charge in [-0.1, -0.05) is 36.2 Å². The summed E-state index contributed by atoms with van der Waals surface area (Å²) in [6.45, 7) is 1.65. The zero-order chi connectivity index (χ0) is 17.6. The van der Waals surface area contributed by atoms with E-state index in [1.165, 1.54) is 6.42 Å². The molecule has 5 heteroatoms. The molecule has 0 spiro atoms. The molecule has 1 atom stereocenters. The average Bonchev–Trinajstić information content (AvgIpc) is 2.63. The summed E-state index contributed by atoms with van der Waals surface area (Å²) in [5.41, 5.74) is 0.814. The van der Waals surface area contributed by atoms with Crippen LogP contribution in [0.15, 0.2) is 48.5 Å². The van der Waals surface area contributed by atoms with Crippen molar-refractivity contribution in [3.05, 3.63) is 59.1 Å². The van der Waals surface area contributed by atoms with E-state index in [-0.39, 0.29) is 0 Å². The Morgan fingerprint density at radius 3 is 2.52 bits per heavy atom. The third kappa shape index (κ3) is 4.74. The molecule has 0 bridgehead atoms. The van der Waals surface area contributed by atoms with Crippen LogP contribution in [0.2, 0.25) is 5.02 Å². The summed E-state index contributed by atoms with van der Waals surface area (Å²) < 4.78 is 5.96. The molecule has 0 aromatic heterocycles. The first-order chi connectivity index (χ1) is 12.1. The zero-order valence-electron chi connectivity index (χ0n) is 14.0. The summed E-state index contributed by atoms with van der Waals surface area (Å²) in [7, 11) is 0. The molecule has 2 aromatic carbocycles. The van der Waals surface area contributed by atoms with Gasteiger partial charge in [0.2, 0.25) is 0 Å². The van der Waals surface area contributed by atoms with Crippen LogP contribution in [0.25, 0.3) is 0 Å². The molecule has 4 nitrogen and oxygen atoms in total. The zero-order valence-corrected chi connectivity index (χ0v) is 14.8. The van der Waals surface area contributed by atoms with Gasteiger partial charge >= 0.3 is 5.97 Å². The maximum absolute atomic E-state index is 11.8. The first-order valence-corrected chi connectivity index (χ1v) is 8.99. The molecular weight excluding hydrogens is 338 g/mol. The number of ether oxygens (including phenoxy) is 1. The fraction of sp³-hybridized carbons (Fsp3) is 0.350. The number of rotatable bonds is 6. The Kier molecular flexibility index (Phi) is 5.95. The molecule has 0 saturated carbocycles. The number of halogens is 1. The lowest BCUT2D eigenvalue weighted by atomic mass is 10.0. The number of para-hydroxylation sites is 1. The Morgan fingerprint density at radius 1 is 1.12 bits per heavy atom. The monoisotopic (exact) mass is 359 g/mol. The molecule has 3 rings (SSSR count). The quantitative estimate of drug-likeness (QED) is 0.818. The van der Waals surface area contributed by atoms with Crippen molar-refractivity contribution in [3.63, 3.8) is 0 Å². The minimum Gasteiger partial charge on any atom is -0.480 e. The highest BCUT2D eigenvalue weighted by atomic mass is 35.5. The fourth-order valence-electron chi connectivity index (χ4n) is 3.23. The average molecular weight is 360 g/mol. The van der Waals surface area contributed by atoms with Crippen LogP contribution in [-0.4, -0.2) is 35.1 Å². The second-order valence-electron chi connectivity index (χ2n) is 6.32. The van der Waals surface area contributed by atoms with Gasteiger partial charge in [0.25, 0.3) is 0 Å². The number of carbonyl (C=O) groups is 1. The van der Waals surface area contributed by atoms with Crippen molar-refractivity contribution in [2.24, 2.45) is 0 Å². The Balaban J connectivity index is 1.84. The number of carboxylic acid groups (broad SMARTS) is 1. The largest absolute Gasteiger partial charge is 0.480 e. The van der Waals surface area contributed by atoms with Crippen molar-refractivity contribution < 1.29 is 14.6 Å². The summed E-state index contributed by atoms with van der Waals surface area (Å²) in [6, 6.07) is 14.3. The van der Waals surface area contributed by atoms with E-state index in [1.54, 1.807) is 18.2 Å². The van der Waals surface area contributed by atoms with Gasteiger partial charge in [-0.2, -0.15) is 0 Å². The van der Waals surface area contributed by atoms with Gasteiger partial charge in [-0.05, 0) is 61.8 Å². The number of aliphatic carboxylic acids is 1. The molecule has 1 fully saturated rings. The van der Waals surface area contributed by atoms with Crippen LogP contribution in [0.1, 0.15) is 24.8 Å². The first kappa shape index (κ1) is 17.8. The number of likely N-dealkylation sites (tertiary alicyclic amines) is 1. The lowest BCUT2D eigenvalue weighted by molar-refractivity contribution is -0.143. The molecule has 0 aliphatic carbocycles. The highest BCUT2D eigenvalue weighted by Crippen LogP contribution is 2.30. The molecule has 132 valence electrons. The normalized spacial score (nSPS) is 16.4. The van der Waals surface area contributed by atoms with E-state index in [0.29, 0.717) is 17.2 Å². The van der Waals surface area contributed by atoms with Crippen molar-refractivity contribution in [2.75, 3.05) is 13.1 Å². The van der Waals surface area contributed by atoms with Gasteiger partial charge in [-0.15, -0.1) is 0 Å². The summed E-state index contributed by atoms with van der Waals surface area (Å²) in [5, 5.41) is 10.3. The van der Waals surface area contributed by atoms with Crippen molar-refractivity contribution in [2.45, 2.75) is 31.7 Å². The van der Waals surface area contributed by atoms with Crippen molar-refractivity contribution in [3.8, 4) is 11.5 Å². The Bertz CT molecular complexity index is 714. The van der Waals surface area contributed by atoms with Crippen LogP contribution in [0, 0.1) is 0 Å². The van der Waals surface area contributed by atoms with Crippen LogP contribution in [0.5, 0.6) is 11.5 Å². The molecule has 0 radical (unpaired) electrons. The van der Waals surface area contributed by atoms with Crippen LogP contribution < -0.4 is 4.74 Å². The van der Waals surface area contributed by atoms with Crippen molar-refractivity contribution >= 4 is 17.6 Å². The summed E-state index contributed by atoms with van der Waals surface area (Å²) >= 11 is 6.15. The molecule has 1 saturated heterocycles. The number of piperidine rings is 1. The van der Waals surface area contributed by atoms with E-state index >= 15 is 0 Å². The molecule has 0 unspecified atom stereocenters. The van der Waals surface area contributed by atoms with E-state index in [2.05, 4.69) is 4.90 Å². The van der Waals surface area contributed by atoms with Crippen LogP contribution in [0.3, 0.4) is 0 Å². The molecule has 1 aliphatic rings. The van der Waals surface area contributed by atoms with Gasteiger partial charge in [0.15, 0.2) is 0 Å². The first-order valence-electron chi connectivity index (χ1n) is 8.61. The van der Waals surface area contributed by atoms with Crippen molar-refractivity contribution in [1.29, 1.82) is 0 Å². The highest BCUT2D eigenvalue weighted by molar-refractivity contribution is 6.30. The maximum atomic E-state index is 11.8. The standard InChI is InChI=1S/C20H22ClNO3/c21-16-9-10-19(25-17-7-3-1-4-8-17)15(13-16)14-18(20(23)24)22-11-5-2-6-12-22/h1,3-4,7-10,13,18H,2,5-6,11-12,14H2,(H,23,24)/t18-/m0/s1. The van der Waals surface area contributed by atoms with Gasteiger partial charge in [0.05, 0.1) is 0 Å². The number of carboxylic acids is 1. The second kappa shape index (κ2) is 8.37. The lowest BCUT2D eigenvalue weighted by Crippen LogP contribution is -2.45. The minimum absolute atomic E-state index is 0.373. The molecule has 2 aromatic rings. The van der Waals surface area contributed by atoms with E-state index in [4.69, 9.17) is 16.3 Å². The summed E-state index contributed by atoms with van der Waals surface area (Å²) in [4.78, 5) is 13.9. The predicted octanol–water partition coefficient (Wildman–Crippen LogP) is 4.61. The molecular formula is C20H22ClNO3. The summed E-state index contributed by atoms with van der Waals surface area (Å²) in [6.07, 6.45) is 3.64. The smallest absolute Gasteiger partial charge is 0.321 e. The number of benzene rings is 2. The highest BCUT2D eigenvalue weighted by Gasteiger charge is 2.28. The Labute approximate surface area is 153 Å². The van der Waals surface area contributed by atoms with E-state index in [9.17, 15) is 9.90 Å². The Hall–Kier alpha value is -2.04. The number of hydrogen-bond acceptors (Lipinski definition) is 3. The van der Waals surface area contributed by atoms with E-state index < -0.39 is 12.0 Å². The van der Waals surface area contributed by atoms with Gasteiger partial charge in [0, 0.05) is 11.4 Å². The molecule has 1 heterocycles. The molecule has 25 heavy (non-hydrogen) atoms. The SMILES string of the molecule is O=C(O)[C@H](Cc1cc(Cl)ccc1Oc1ccccc1)N1CCCCC1. The predicted molar refractivity (Wildman–Crippen MR) is 98.5 cm³/mol. The number of hydrogen-bond donors (Lipinski definition) is 1. The third-order valence-corrected chi connectivity index (χ3v) is 4.76. The molecule has 0 amide bonds. The van der Waals surface area contributed by atoms with Crippen LogP contribution in [-0.2, 0) is 11.2 Å². The topological polar surface area (TPSA) is 49.8 Å².